The molecule has 4 unspecified atom stereocenters. The summed E-state index contributed by atoms with van der Waals surface area (Å²) in [5.41, 5.74) is 0. The number of carbonyl (C=O) groups excluding carboxylic acids is 2. The summed E-state index contributed by atoms with van der Waals surface area (Å²) in [5.74, 6) is -2.08. The molecule has 1 saturated heterocycles. The van der Waals surface area contributed by atoms with Crippen molar-refractivity contribution in [3.8, 4) is 0 Å². The van der Waals surface area contributed by atoms with Crippen LogP contribution in [0.2, 0.25) is 0 Å². The van der Waals surface area contributed by atoms with Gasteiger partial charge in [-0.05, 0) is 31.1 Å². The van der Waals surface area contributed by atoms with E-state index in [2.05, 4.69) is 0 Å². The van der Waals surface area contributed by atoms with E-state index in [9.17, 15) is 18.0 Å². The predicted molar refractivity (Wildman–Crippen MR) is 67.3 cm³/mol. The molecule has 1 aliphatic carbocycles. The SMILES string of the molecule is CC1CC2CCC(=O)OC(C2)C1OC(=O)CS(=O)(=O)O. The maximum atomic E-state index is 11.5. The van der Waals surface area contributed by atoms with E-state index in [1.54, 1.807) is 0 Å². The number of hydrogen-bond donors (Lipinski definition) is 1. The number of hydrogen-bond acceptors (Lipinski definition) is 6. The molecule has 2 aliphatic rings. The normalized spacial score (nSPS) is 34.0. The minimum atomic E-state index is -4.41. The van der Waals surface area contributed by atoms with Crippen molar-refractivity contribution in [3.05, 3.63) is 0 Å². The maximum absolute atomic E-state index is 11.5. The van der Waals surface area contributed by atoms with Crippen molar-refractivity contribution in [2.75, 3.05) is 5.75 Å². The lowest BCUT2D eigenvalue weighted by Crippen LogP contribution is -2.44. The highest BCUT2D eigenvalue weighted by Crippen LogP contribution is 2.37. The lowest BCUT2D eigenvalue weighted by atomic mass is 9.77. The van der Waals surface area contributed by atoms with E-state index in [0.29, 0.717) is 18.8 Å². The average Bonchev–Trinajstić information content (AvgIpc) is 2.42. The largest absolute Gasteiger partial charge is 0.458 e. The molecule has 2 bridgehead atoms. The first kappa shape index (κ1) is 15.2. The molecule has 0 spiro atoms. The zero-order chi connectivity index (χ0) is 14.9. The highest BCUT2D eigenvalue weighted by Gasteiger charge is 2.42. The average molecular weight is 306 g/mol. The molecule has 1 aliphatic heterocycles. The van der Waals surface area contributed by atoms with Crippen molar-refractivity contribution in [1.29, 1.82) is 0 Å². The third-order valence-electron chi connectivity index (χ3n) is 3.81. The van der Waals surface area contributed by atoms with Crippen molar-refractivity contribution in [3.63, 3.8) is 0 Å². The van der Waals surface area contributed by atoms with Gasteiger partial charge in [0.15, 0.2) is 5.75 Å². The molecule has 0 radical (unpaired) electrons. The van der Waals surface area contributed by atoms with Gasteiger partial charge in [-0.2, -0.15) is 8.42 Å². The monoisotopic (exact) mass is 306 g/mol. The van der Waals surface area contributed by atoms with Crippen LogP contribution in [-0.4, -0.2) is 42.9 Å². The smallest absolute Gasteiger partial charge is 0.324 e. The molecule has 4 atom stereocenters. The van der Waals surface area contributed by atoms with Gasteiger partial charge in [-0.1, -0.05) is 6.92 Å². The molecule has 0 aromatic carbocycles. The summed E-state index contributed by atoms with van der Waals surface area (Å²) in [5, 5.41) is 0. The molecular formula is C12H18O7S. The summed E-state index contributed by atoms with van der Waals surface area (Å²) in [6.07, 6.45) is 1.38. The summed E-state index contributed by atoms with van der Waals surface area (Å²) in [4.78, 5) is 23.0. The number of esters is 2. The Morgan fingerprint density at radius 3 is 2.80 bits per heavy atom. The quantitative estimate of drug-likeness (QED) is 0.599. The first-order valence-corrected chi connectivity index (χ1v) is 8.19. The first-order valence-electron chi connectivity index (χ1n) is 6.58. The lowest BCUT2D eigenvalue weighted by molar-refractivity contribution is -0.173. The third-order valence-corrected chi connectivity index (χ3v) is 4.41. The fourth-order valence-corrected chi connectivity index (χ4v) is 3.38. The molecule has 0 amide bonds. The third kappa shape index (κ3) is 3.92. The Morgan fingerprint density at radius 2 is 2.15 bits per heavy atom. The van der Waals surface area contributed by atoms with Crippen LogP contribution in [0.5, 0.6) is 0 Å². The van der Waals surface area contributed by atoms with Gasteiger partial charge in [0, 0.05) is 6.42 Å². The summed E-state index contributed by atoms with van der Waals surface area (Å²) in [6, 6.07) is 0. The second kappa shape index (κ2) is 5.69. The number of rotatable bonds is 3. The minimum absolute atomic E-state index is 0.0185. The second-order valence-electron chi connectivity index (χ2n) is 5.56. The molecule has 8 heteroatoms. The van der Waals surface area contributed by atoms with E-state index >= 15 is 0 Å². The van der Waals surface area contributed by atoms with Crippen molar-refractivity contribution in [2.45, 2.75) is 44.8 Å². The Morgan fingerprint density at radius 1 is 1.45 bits per heavy atom. The Balaban J connectivity index is 2.05. The highest BCUT2D eigenvalue weighted by atomic mass is 32.2. The summed E-state index contributed by atoms with van der Waals surface area (Å²) in [6.45, 7) is 1.88. The predicted octanol–water partition coefficient (Wildman–Crippen LogP) is 0.538. The Hall–Kier alpha value is -1.15. The second-order valence-corrected chi connectivity index (χ2v) is 7.01. The topological polar surface area (TPSA) is 107 Å². The van der Waals surface area contributed by atoms with Gasteiger partial charge in [-0.3, -0.25) is 14.1 Å². The van der Waals surface area contributed by atoms with Crippen molar-refractivity contribution in [2.24, 2.45) is 11.8 Å². The molecule has 7 nitrogen and oxygen atoms in total. The van der Waals surface area contributed by atoms with Crippen molar-refractivity contribution < 1.29 is 32.0 Å². The van der Waals surface area contributed by atoms with Crippen LogP contribution in [0.25, 0.3) is 0 Å². The molecule has 1 saturated carbocycles. The van der Waals surface area contributed by atoms with Gasteiger partial charge in [0.05, 0.1) is 0 Å². The molecule has 2 fully saturated rings. The van der Waals surface area contributed by atoms with Crippen LogP contribution in [0, 0.1) is 11.8 Å². The van der Waals surface area contributed by atoms with Gasteiger partial charge < -0.3 is 9.47 Å². The van der Waals surface area contributed by atoms with E-state index in [1.165, 1.54) is 0 Å². The maximum Gasteiger partial charge on any atom is 0.324 e. The van der Waals surface area contributed by atoms with Gasteiger partial charge in [0.2, 0.25) is 0 Å². The molecule has 0 aromatic heterocycles. The standard InChI is InChI=1S/C12H18O7S/c1-7-4-8-2-3-10(13)18-9(5-8)12(7)19-11(14)6-20(15,16)17/h7-9,12H,2-6H2,1H3,(H,15,16,17). The van der Waals surface area contributed by atoms with E-state index < -0.39 is 34.0 Å². The highest BCUT2D eigenvalue weighted by molar-refractivity contribution is 7.86. The molecule has 2 rings (SSSR count). The lowest BCUT2D eigenvalue weighted by Gasteiger charge is -2.37. The van der Waals surface area contributed by atoms with Crippen LogP contribution in [0.3, 0.4) is 0 Å². The molecule has 20 heavy (non-hydrogen) atoms. The zero-order valence-corrected chi connectivity index (χ0v) is 12.0. The number of carbonyl (C=O) groups is 2. The fourth-order valence-electron chi connectivity index (χ4n) is 3.01. The van der Waals surface area contributed by atoms with Gasteiger partial charge >= 0.3 is 11.9 Å². The van der Waals surface area contributed by atoms with Crippen LogP contribution in [0.15, 0.2) is 0 Å². The molecular weight excluding hydrogens is 288 g/mol. The Bertz CT molecular complexity index is 498. The van der Waals surface area contributed by atoms with E-state index in [0.717, 1.165) is 12.8 Å². The van der Waals surface area contributed by atoms with Crippen LogP contribution in [0.1, 0.15) is 32.6 Å². The van der Waals surface area contributed by atoms with Crippen LogP contribution in [-0.2, 0) is 29.2 Å². The van der Waals surface area contributed by atoms with E-state index in [4.69, 9.17) is 14.0 Å². The summed E-state index contributed by atoms with van der Waals surface area (Å²) in [7, 11) is -4.41. The molecule has 0 aromatic rings. The number of ether oxygens (including phenoxy) is 2. The van der Waals surface area contributed by atoms with Gasteiger partial charge in [-0.25, -0.2) is 0 Å². The van der Waals surface area contributed by atoms with Crippen LogP contribution in [0.4, 0.5) is 0 Å². The minimum Gasteiger partial charge on any atom is -0.458 e. The first-order chi connectivity index (χ1) is 9.24. The zero-order valence-electron chi connectivity index (χ0n) is 11.1. The van der Waals surface area contributed by atoms with Gasteiger partial charge in [0.1, 0.15) is 12.2 Å². The van der Waals surface area contributed by atoms with Crippen LogP contribution >= 0.6 is 0 Å². The number of fused-ring (bicyclic) bond motifs is 2. The summed E-state index contributed by atoms with van der Waals surface area (Å²) < 4.78 is 40.3. The fraction of sp³-hybridized carbons (Fsp3) is 0.833. The van der Waals surface area contributed by atoms with Crippen molar-refractivity contribution >= 4 is 22.1 Å². The molecule has 1 heterocycles. The Labute approximate surface area is 117 Å². The van der Waals surface area contributed by atoms with Gasteiger partial charge in [-0.15, -0.1) is 0 Å². The van der Waals surface area contributed by atoms with E-state index in [-0.39, 0.29) is 11.9 Å². The molecule has 1 N–H and O–H groups in total. The van der Waals surface area contributed by atoms with Crippen molar-refractivity contribution in [1.82, 2.24) is 0 Å². The van der Waals surface area contributed by atoms with Crippen LogP contribution < -0.4 is 0 Å². The van der Waals surface area contributed by atoms with E-state index in [1.807, 2.05) is 6.92 Å². The molecule has 114 valence electrons. The summed E-state index contributed by atoms with van der Waals surface area (Å²) >= 11 is 0. The van der Waals surface area contributed by atoms with Gasteiger partial charge in [0.25, 0.3) is 10.1 Å². The Kier molecular flexibility index (Phi) is 4.33.